The number of likely N-dealkylation sites (N-methyl/N-ethyl adjacent to an activating group) is 1. The smallest absolute Gasteiger partial charge is 0.319 e. The van der Waals surface area contributed by atoms with Gasteiger partial charge in [0.25, 0.3) is 5.91 Å². The van der Waals surface area contributed by atoms with Crippen molar-refractivity contribution in [3.8, 4) is 5.75 Å². The van der Waals surface area contributed by atoms with Crippen LogP contribution in [-0.2, 0) is 4.74 Å². The van der Waals surface area contributed by atoms with Crippen LogP contribution in [-0.4, -0.2) is 85.9 Å². The third-order valence-electron chi connectivity index (χ3n) is 5.80. The van der Waals surface area contributed by atoms with Gasteiger partial charge in [-0.3, -0.25) is 4.79 Å². The molecule has 0 fully saturated rings. The van der Waals surface area contributed by atoms with Gasteiger partial charge < -0.3 is 35.2 Å². The van der Waals surface area contributed by atoms with Crippen molar-refractivity contribution in [2.24, 2.45) is 5.92 Å². The molecule has 0 bridgehead atoms. The van der Waals surface area contributed by atoms with Crippen molar-refractivity contribution in [2.75, 3.05) is 39.2 Å². The van der Waals surface area contributed by atoms with E-state index in [1.807, 2.05) is 41.5 Å². The number of hydrogen-bond acceptors (Lipinski definition) is 5. The van der Waals surface area contributed by atoms with Crippen LogP contribution in [0.3, 0.4) is 0 Å². The van der Waals surface area contributed by atoms with Gasteiger partial charge >= 0.3 is 12.1 Å². The summed E-state index contributed by atoms with van der Waals surface area (Å²) in [6.07, 6.45) is -0.285. The number of anilines is 1. The normalized spacial score (nSPS) is 21.5. The number of fused-ring (bicyclic) bond motifs is 1. The molecular weight excluding hydrogens is 450 g/mol. The van der Waals surface area contributed by atoms with Crippen LogP contribution in [0.2, 0.25) is 0 Å². The van der Waals surface area contributed by atoms with Gasteiger partial charge in [0, 0.05) is 50.9 Å². The topological polar surface area (TPSA) is 112 Å². The summed E-state index contributed by atoms with van der Waals surface area (Å²) in [5.41, 5.74) is 0.797. The molecule has 0 spiro atoms. The number of carbonyl (C=O) groups excluding carboxylic acids is 3. The van der Waals surface area contributed by atoms with E-state index >= 15 is 0 Å². The minimum atomic E-state index is -0.358. The van der Waals surface area contributed by atoms with Gasteiger partial charge in [-0.1, -0.05) is 6.92 Å². The summed E-state index contributed by atoms with van der Waals surface area (Å²) in [6, 6.07) is 4.14. The molecule has 2 rings (SSSR count). The van der Waals surface area contributed by atoms with Gasteiger partial charge in [-0.05, 0) is 52.8 Å². The molecule has 5 amide bonds. The number of nitrogens with zero attached hydrogens (tertiary/aromatic N) is 2. The lowest BCUT2D eigenvalue weighted by atomic mass is 10.0. The molecule has 1 aromatic rings. The van der Waals surface area contributed by atoms with Crippen LogP contribution < -0.4 is 20.7 Å². The first-order valence-electron chi connectivity index (χ1n) is 12.1. The van der Waals surface area contributed by atoms with E-state index in [-0.39, 0.29) is 54.7 Å². The maximum atomic E-state index is 13.4. The Hall–Kier alpha value is -3.01. The van der Waals surface area contributed by atoms with E-state index in [1.165, 1.54) is 0 Å². The first-order valence-corrected chi connectivity index (χ1v) is 12.1. The highest BCUT2D eigenvalue weighted by atomic mass is 16.5. The zero-order valence-electron chi connectivity index (χ0n) is 22.2. The van der Waals surface area contributed by atoms with Crippen molar-refractivity contribution in [1.29, 1.82) is 0 Å². The quantitative estimate of drug-likeness (QED) is 0.599. The van der Waals surface area contributed by atoms with Crippen LogP contribution in [0, 0.1) is 5.92 Å². The fraction of sp³-hybridized carbons (Fsp3) is 0.640. The molecular formula is C25H41N5O5. The Labute approximate surface area is 208 Å². The van der Waals surface area contributed by atoms with Gasteiger partial charge in [-0.2, -0.15) is 0 Å². The largest absolute Gasteiger partial charge is 0.491 e. The van der Waals surface area contributed by atoms with Gasteiger partial charge in [-0.15, -0.1) is 0 Å². The first-order chi connectivity index (χ1) is 16.4. The highest BCUT2D eigenvalue weighted by Crippen LogP contribution is 2.26. The molecule has 3 N–H and O–H groups in total. The predicted molar refractivity (Wildman–Crippen MR) is 136 cm³/mol. The Morgan fingerprint density at radius 1 is 1.09 bits per heavy atom. The monoisotopic (exact) mass is 491 g/mol. The second kappa shape index (κ2) is 12.6. The average Bonchev–Trinajstić information content (AvgIpc) is 2.77. The highest BCUT2D eigenvalue weighted by molar-refractivity contribution is 5.99. The maximum Gasteiger partial charge on any atom is 0.319 e. The van der Waals surface area contributed by atoms with Crippen molar-refractivity contribution in [3.05, 3.63) is 23.8 Å². The maximum absolute atomic E-state index is 13.4. The van der Waals surface area contributed by atoms with Crippen molar-refractivity contribution in [2.45, 2.75) is 65.8 Å². The van der Waals surface area contributed by atoms with Crippen LogP contribution in [0.1, 0.15) is 51.9 Å². The molecule has 0 saturated carbocycles. The molecule has 10 nitrogen and oxygen atoms in total. The Balaban J connectivity index is 2.41. The molecule has 0 saturated heterocycles. The fourth-order valence-electron chi connectivity index (χ4n) is 3.90. The number of hydrogen-bond donors (Lipinski definition) is 3. The highest BCUT2D eigenvalue weighted by Gasteiger charge is 2.30. The van der Waals surface area contributed by atoms with Crippen LogP contribution in [0.25, 0.3) is 0 Å². The molecule has 10 heteroatoms. The molecule has 0 unspecified atom stereocenters. The number of carbonyl (C=O) groups is 3. The van der Waals surface area contributed by atoms with Crippen LogP contribution in [0.5, 0.6) is 5.75 Å². The molecule has 1 aromatic carbocycles. The number of nitrogens with one attached hydrogen (secondary N) is 3. The van der Waals surface area contributed by atoms with Crippen LogP contribution in [0.15, 0.2) is 18.2 Å². The van der Waals surface area contributed by atoms with Crippen molar-refractivity contribution < 1.29 is 23.9 Å². The number of rotatable bonds is 4. The standard InChI is InChI=1S/C25H41N5O5/c1-15(2)26-24(32)28-19-9-10-21-20(11-19)23(31)29(7)13-22(34-8)17(5)12-30(18(6)14-35-21)25(33)27-16(3)4/h9-11,15-18,22H,12-14H2,1-8H3,(H,27,33)(H2,26,28,32)/t17-,18-,22-/m0/s1. The SMILES string of the molecule is CO[C@H]1CN(C)C(=O)c2cc(NC(=O)NC(C)C)ccc2OC[C@H](C)N(C(=O)NC(C)C)C[C@@H]1C. The molecule has 1 heterocycles. The molecule has 3 atom stereocenters. The molecule has 1 aliphatic heterocycles. The van der Waals surface area contributed by atoms with E-state index in [2.05, 4.69) is 16.0 Å². The van der Waals surface area contributed by atoms with Gasteiger partial charge in [0.05, 0.1) is 17.7 Å². The van der Waals surface area contributed by atoms with Crippen molar-refractivity contribution in [3.63, 3.8) is 0 Å². The van der Waals surface area contributed by atoms with Gasteiger partial charge in [0.1, 0.15) is 12.4 Å². The third-order valence-corrected chi connectivity index (χ3v) is 5.80. The third kappa shape index (κ3) is 8.02. The summed E-state index contributed by atoms with van der Waals surface area (Å²) < 4.78 is 11.8. The number of methoxy groups -OCH3 is 1. The summed E-state index contributed by atoms with van der Waals surface area (Å²) in [7, 11) is 3.31. The minimum absolute atomic E-state index is 0.00571. The lowest BCUT2D eigenvalue weighted by Gasteiger charge is -2.36. The van der Waals surface area contributed by atoms with Crippen LogP contribution in [0.4, 0.5) is 15.3 Å². The number of ether oxygens (including phenoxy) is 2. The van der Waals surface area contributed by atoms with E-state index in [0.29, 0.717) is 30.1 Å². The van der Waals surface area contributed by atoms with E-state index < -0.39 is 0 Å². The second-order valence-corrected chi connectivity index (χ2v) is 9.82. The van der Waals surface area contributed by atoms with Crippen LogP contribution >= 0.6 is 0 Å². The van der Waals surface area contributed by atoms with Crippen molar-refractivity contribution in [1.82, 2.24) is 20.4 Å². The van der Waals surface area contributed by atoms with E-state index in [9.17, 15) is 14.4 Å². The summed E-state index contributed by atoms with van der Waals surface area (Å²) in [5, 5.41) is 8.48. The number of benzene rings is 1. The fourth-order valence-corrected chi connectivity index (χ4v) is 3.90. The zero-order chi connectivity index (χ0) is 26.3. The Morgan fingerprint density at radius 3 is 2.34 bits per heavy atom. The molecule has 35 heavy (non-hydrogen) atoms. The Kier molecular flexibility index (Phi) is 10.2. The van der Waals surface area contributed by atoms with Gasteiger partial charge in [-0.25, -0.2) is 9.59 Å². The lowest BCUT2D eigenvalue weighted by molar-refractivity contribution is 0.0165. The summed E-state index contributed by atoms with van der Waals surface area (Å²) in [5.74, 6) is 0.0994. The summed E-state index contributed by atoms with van der Waals surface area (Å²) in [4.78, 5) is 41.9. The molecule has 1 aliphatic rings. The predicted octanol–water partition coefficient (Wildman–Crippen LogP) is 3.14. The number of amides is 5. The minimum Gasteiger partial charge on any atom is -0.491 e. The van der Waals surface area contributed by atoms with Gasteiger partial charge in [0.15, 0.2) is 0 Å². The van der Waals surface area contributed by atoms with E-state index in [4.69, 9.17) is 9.47 Å². The summed E-state index contributed by atoms with van der Waals surface area (Å²) >= 11 is 0. The van der Waals surface area contributed by atoms with Crippen molar-refractivity contribution >= 4 is 23.7 Å². The number of urea groups is 2. The van der Waals surface area contributed by atoms with E-state index in [1.54, 1.807) is 42.2 Å². The Bertz CT molecular complexity index is 891. The first kappa shape index (κ1) is 28.2. The lowest BCUT2D eigenvalue weighted by Crippen LogP contribution is -2.52. The molecule has 0 aliphatic carbocycles. The van der Waals surface area contributed by atoms with E-state index in [0.717, 1.165) is 0 Å². The Morgan fingerprint density at radius 2 is 1.74 bits per heavy atom. The van der Waals surface area contributed by atoms with Gasteiger partial charge in [0.2, 0.25) is 0 Å². The second-order valence-electron chi connectivity index (χ2n) is 9.82. The molecule has 0 radical (unpaired) electrons. The molecule has 0 aromatic heterocycles. The molecule has 196 valence electrons. The zero-order valence-corrected chi connectivity index (χ0v) is 22.2. The summed E-state index contributed by atoms with van der Waals surface area (Å²) in [6.45, 7) is 12.5. The average molecular weight is 492 g/mol.